The van der Waals surface area contributed by atoms with Gasteiger partial charge in [-0.25, -0.2) is 4.98 Å². The fourth-order valence-corrected chi connectivity index (χ4v) is 2.19. The number of nitrogens with one attached hydrogen (secondary N) is 2. The van der Waals surface area contributed by atoms with Crippen LogP contribution < -0.4 is 5.32 Å². The highest BCUT2D eigenvalue weighted by Gasteiger charge is 2.18. The molecule has 2 rings (SSSR count). The Hall–Kier alpha value is -1.85. The van der Waals surface area contributed by atoms with E-state index in [1.54, 1.807) is 17.4 Å². The Morgan fingerprint density at radius 1 is 1.42 bits per heavy atom. The van der Waals surface area contributed by atoms with Crippen molar-refractivity contribution in [3.05, 3.63) is 18.2 Å². The van der Waals surface area contributed by atoms with Crippen molar-refractivity contribution in [3.8, 4) is 0 Å². The zero-order chi connectivity index (χ0) is 13.5. The van der Waals surface area contributed by atoms with Gasteiger partial charge in [0.15, 0.2) is 0 Å². The Morgan fingerprint density at radius 3 is 3.11 bits per heavy atom. The summed E-state index contributed by atoms with van der Waals surface area (Å²) in [4.78, 5) is 32.1. The monoisotopic (exact) mass is 264 g/mol. The summed E-state index contributed by atoms with van der Waals surface area (Å²) in [6.45, 7) is 1.44. The van der Waals surface area contributed by atoms with E-state index in [4.69, 9.17) is 0 Å². The lowest BCUT2D eigenvalue weighted by molar-refractivity contribution is -0.135. The minimum Gasteiger partial charge on any atom is -0.354 e. The highest BCUT2D eigenvalue weighted by atomic mass is 16.2. The van der Waals surface area contributed by atoms with Gasteiger partial charge in [0.1, 0.15) is 0 Å². The summed E-state index contributed by atoms with van der Waals surface area (Å²) in [7, 11) is 0. The van der Waals surface area contributed by atoms with Crippen molar-refractivity contribution in [2.45, 2.75) is 32.1 Å². The summed E-state index contributed by atoms with van der Waals surface area (Å²) in [5.41, 5.74) is 0.992. The van der Waals surface area contributed by atoms with E-state index in [2.05, 4.69) is 15.3 Å². The van der Waals surface area contributed by atoms with E-state index in [0.717, 1.165) is 31.4 Å². The van der Waals surface area contributed by atoms with E-state index in [0.29, 0.717) is 19.5 Å². The minimum atomic E-state index is -0.0882. The number of hydrogen-bond donors (Lipinski definition) is 2. The molecule has 2 amide bonds. The Balaban J connectivity index is 1.69. The van der Waals surface area contributed by atoms with Crippen LogP contribution in [0, 0.1) is 0 Å². The van der Waals surface area contributed by atoms with E-state index in [1.165, 1.54) is 0 Å². The molecule has 1 saturated heterocycles. The van der Waals surface area contributed by atoms with Crippen LogP contribution in [0.5, 0.6) is 0 Å². The van der Waals surface area contributed by atoms with E-state index < -0.39 is 0 Å². The molecule has 0 radical (unpaired) electrons. The van der Waals surface area contributed by atoms with E-state index >= 15 is 0 Å². The Bertz CT molecular complexity index is 416. The van der Waals surface area contributed by atoms with Crippen LogP contribution in [0.2, 0.25) is 0 Å². The minimum absolute atomic E-state index is 0.0882. The molecule has 1 aliphatic rings. The number of rotatable bonds is 5. The molecule has 19 heavy (non-hydrogen) atoms. The van der Waals surface area contributed by atoms with Crippen LogP contribution in [-0.2, 0) is 16.0 Å². The lowest BCUT2D eigenvalue weighted by atomic mass is 10.2. The molecule has 1 aromatic rings. The molecule has 0 atom stereocenters. The van der Waals surface area contributed by atoms with E-state index in [-0.39, 0.29) is 18.4 Å². The largest absolute Gasteiger partial charge is 0.354 e. The molecule has 0 spiro atoms. The number of carbonyl (C=O) groups is 2. The molecule has 104 valence electrons. The van der Waals surface area contributed by atoms with Gasteiger partial charge in [0.25, 0.3) is 0 Å². The lowest BCUT2D eigenvalue weighted by Crippen LogP contribution is -2.41. The number of hydrogen-bond acceptors (Lipinski definition) is 3. The van der Waals surface area contributed by atoms with Gasteiger partial charge in [-0.15, -0.1) is 0 Å². The second-order valence-electron chi connectivity index (χ2n) is 4.80. The third-order valence-electron chi connectivity index (χ3n) is 3.28. The number of H-pyrrole nitrogens is 1. The van der Waals surface area contributed by atoms with Gasteiger partial charge in [-0.1, -0.05) is 6.42 Å². The smallest absolute Gasteiger partial charge is 0.239 e. The van der Waals surface area contributed by atoms with Crippen molar-refractivity contribution in [2.24, 2.45) is 0 Å². The third kappa shape index (κ3) is 4.39. The number of aromatic amines is 1. The van der Waals surface area contributed by atoms with Crippen LogP contribution in [0.25, 0.3) is 0 Å². The SMILES string of the molecule is O=C(CN1CCCCCC1=O)NCCc1cnc[nH]1. The first-order chi connectivity index (χ1) is 9.25. The van der Waals surface area contributed by atoms with Gasteiger partial charge in [0.05, 0.1) is 12.9 Å². The van der Waals surface area contributed by atoms with Gasteiger partial charge in [0.2, 0.25) is 11.8 Å². The average Bonchev–Trinajstić information content (AvgIpc) is 2.82. The van der Waals surface area contributed by atoms with Crippen molar-refractivity contribution in [1.82, 2.24) is 20.2 Å². The molecule has 1 aromatic heterocycles. The summed E-state index contributed by atoms with van der Waals surface area (Å²) in [5, 5.41) is 2.83. The van der Waals surface area contributed by atoms with Crippen LogP contribution in [0.3, 0.4) is 0 Å². The second-order valence-corrected chi connectivity index (χ2v) is 4.80. The normalized spacial score (nSPS) is 16.2. The molecule has 0 unspecified atom stereocenters. The summed E-state index contributed by atoms with van der Waals surface area (Å²) in [6, 6.07) is 0. The maximum atomic E-state index is 11.8. The van der Waals surface area contributed by atoms with Crippen molar-refractivity contribution >= 4 is 11.8 Å². The van der Waals surface area contributed by atoms with Crippen molar-refractivity contribution in [2.75, 3.05) is 19.6 Å². The van der Waals surface area contributed by atoms with Gasteiger partial charge in [-0.3, -0.25) is 9.59 Å². The number of imidazole rings is 1. The quantitative estimate of drug-likeness (QED) is 0.811. The summed E-state index contributed by atoms with van der Waals surface area (Å²) in [6.07, 6.45) is 7.66. The Labute approximate surface area is 112 Å². The van der Waals surface area contributed by atoms with Gasteiger partial charge < -0.3 is 15.2 Å². The number of likely N-dealkylation sites (tertiary alicyclic amines) is 1. The molecule has 2 heterocycles. The standard InChI is InChI=1S/C13H20N4O2/c18-12(15-6-5-11-8-14-10-16-11)9-17-7-3-1-2-4-13(17)19/h8,10H,1-7,9H2,(H,14,16)(H,15,18). The summed E-state index contributed by atoms with van der Waals surface area (Å²) in [5.74, 6) is 0.0102. The molecule has 0 aromatic carbocycles. The van der Waals surface area contributed by atoms with Crippen molar-refractivity contribution in [1.29, 1.82) is 0 Å². The van der Waals surface area contributed by atoms with E-state index in [9.17, 15) is 9.59 Å². The number of nitrogens with zero attached hydrogens (tertiary/aromatic N) is 2. The second kappa shape index (κ2) is 6.92. The first-order valence-electron chi connectivity index (χ1n) is 6.77. The average molecular weight is 264 g/mol. The molecule has 6 nitrogen and oxygen atoms in total. The van der Waals surface area contributed by atoms with E-state index in [1.807, 2.05) is 0 Å². The van der Waals surface area contributed by atoms with Crippen LogP contribution in [0.4, 0.5) is 0 Å². The van der Waals surface area contributed by atoms with Crippen molar-refractivity contribution < 1.29 is 9.59 Å². The van der Waals surface area contributed by atoms with Crippen molar-refractivity contribution in [3.63, 3.8) is 0 Å². The summed E-state index contributed by atoms with van der Waals surface area (Å²) < 4.78 is 0. The lowest BCUT2D eigenvalue weighted by Gasteiger charge is -2.19. The van der Waals surface area contributed by atoms with Crippen LogP contribution in [-0.4, -0.2) is 46.3 Å². The third-order valence-corrected chi connectivity index (χ3v) is 3.28. The van der Waals surface area contributed by atoms with Gasteiger partial charge in [-0.2, -0.15) is 0 Å². The highest BCUT2D eigenvalue weighted by Crippen LogP contribution is 2.10. The first kappa shape index (κ1) is 13.6. The molecule has 0 aliphatic carbocycles. The van der Waals surface area contributed by atoms with Crippen LogP contribution in [0.15, 0.2) is 12.5 Å². The van der Waals surface area contributed by atoms with Gasteiger partial charge in [-0.05, 0) is 12.8 Å². The topological polar surface area (TPSA) is 78.1 Å². The van der Waals surface area contributed by atoms with Gasteiger partial charge in [0, 0.05) is 37.8 Å². The van der Waals surface area contributed by atoms with Gasteiger partial charge >= 0.3 is 0 Å². The zero-order valence-electron chi connectivity index (χ0n) is 11.0. The first-order valence-corrected chi connectivity index (χ1v) is 6.77. The molecule has 2 N–H and O–H groups in total. The fraction of sp³-hybridized carbons (Fsp3) is 0.615. The maximum Gasteiger partial charge on any atom is 0.239 e. The number of aromatic nitrogens is 2. The predicted octanol–water partition coefficient (Wildman–Crippen LogP) is 0.471. The molecular weight excluding hydrogens is 244 g/mol. The van der Waals surface area contributed by atoms with Crippen LogP contribution >= 0.6 is 0 Å². The molecule has 1 fully saturated rings. The maximum absolute atomic E-state index is 11.8. The zero-order valence-corrected chi connectivity index (χ0v) is 11.0. The molecule has 1 aliphatic heterocycles. The Kier molecular flexibility index (Phi) is 4.94. The summed E-state index contributed by atoms with van der Waals surface area (Å²) >= 11 is 0. The highest BCUT2D eigenvalue weighted by molar-refractivity contribution is 5.84. The molecule has 0 saturated carbocycles. The molecular formula is C13H20N4O2. The Morgan fingerprint density at radius 2 is 2.32 bits per heavy atom. The predicted molar refractivity (Wildman–Crippen MR) is 70.3 cm³/mol. The fourth-order valence-electron chi connectivity index (χ4n) is 2.19. The number of amides is 2. The number of carbonyl (C=O) groups excluding carboxylic acids is 2. The van der Waals surface area contributed by atoms with Crippen LogP contribution in [0.1, 0.15) is 31.4 Å². The molecule has 6 heteroatoms. The molecule has 0 bridgehead atoms.